The zero-order chi connectivity index (χ0) is 29.5. The number of anilines is 1. The maximum Gasteiger partial charge on any atom is 0.256 e. The van der Waals surface area contributed by atoms with Gasteiger partial charge in [0.25, 0.3) is 5.91 Å². The molecule has 2 unspecified atom stereocenters. The molecule has 1 saturated heterocycles. The molecule has 5 rings (SSSR count). The van der Waals surface area contributed by atoms with Crippen molar-refractivity contribution in [3.8, 4) is 5.75 Å². The Labute approximate surface area is 248 Å². The molecule has 224 valence electrons. The van der Waals surface area contributed by atoms with Gasteiger partial charge in [0.2, 0.25) is 11.8 Å². The number of carbonyl (C=O) groups is 3. The van der Waals surface area contributed by atoms with Crippen LogP contribution in [0.2, 0.25) is 0 Å². The van der Waals surface area contributed by atoms with Gasteiger partial charge >= 0.3 is 0 Å². The molecule has 1 saturated carbocycles. The van der Waals surface area contributed by atoms with Crippen molar-refractivity contribution in [2.24, 2.45) is 5.92 Å². The fraction of sp³-hybridized carbons (Fsp3) is 0.485. The number of ether oxygens (including phenoxy) is 1. The van der Waals surface area contributed by atoms with E-state index in [2.05, 4.69) is 20.5 Å². The van der Waals surface area contributed by atoms with Gasteiger partial charge in [-0.25, -0.2) is 4.90 Å². The number of rotatable bonds is 10. The largest absolute Gasteiger partial charge is 0.492 e. The lowest BCUT2D eigenvalue weighted by molar-refractivity contribution is -0.131. The van der Waals surface area contributed by atoms with Crippen LogP contribution in [0.1, 0.15) is 51.5 Å². The van der Waals surface area contributed by atoms with Crippen molar-refractivity contribution in [3.05, 3.63) is 60.3 Å². The molecular formula is C33H43N5O4. The monoisotopic (exact) mass is 573 g/mol. The van der Waals surface area contributed by atoms with Gasteiger partial charge in [-0.15, -0.1) is 0 Å². The zero-order valence-corrected chi connectivity index (χ0v) is 24.7. The van der Waals surface area contributed by atoms with Crippen LogP contribution in [0, 0.1) is 5.92 Å². The third-order valence-electron chi connectivity index (χ3n) is 8.61. The molecule has 3 N–H and O–H groups in total. The highest BCUT2D eigenvalue weighted by Crippen LogP contribution is 2.31. The Balaban J connectivity index is 1.41. The summed E-state index contributed by atoms with van der Waals surface area (Å²) in [5, 5.41) is 7.54. The fourth-order valence-electron chi connectivity index (χ4n) is 6.61. The van der Waals surface area contributed by atoms with Crippen LogP contribution < -0.4 is 20.3 Å². The molecule has 1 aliphatic heterocycles. The van der Waals surface area contributed by atoms with Crippen molar-refractivity contribution in [2.45, 2.75) is 64.5 Å². The molecule has 2 atom stereocenters. The van der Waals surface area contributed by atoms with Gasteiger partial charge in [-0.1, -0.05) is 49.6 Å². The van der Waals surface area contributed by atoms with E-state index in [-0.39, 0.29) is 18.9 Å². The quantitative estimate of drug-likeness (QED) is 0.338. The Bertz CT molecular complexity index is 1380. The van der Waals surface area contributed by atoms with Crippen LogP contribution >= 0.6 is 0 Å². The van der Waals surface area contributed by atoms with E-state index in [1.807, 2.05) is 37.4 Å². The summed E-state index contributed by atoms with van der Waals surface area (Å²) in [6.45, 7) is 6.32. The zero-order valence-electron chi connectivity index (χ0n) is 24.7. The topological polar surface area (TPSA) is 107 Å². The van der Waals surface area contributed by atoms with E-state index in [1.54, 1.807) is 24.3 Å². The second-order valence-electron chi connectivity index (χ2n) is 11.4. The summed E-state index contributed by atoms with van der Waals surface area (Å²) in [4.78, 5) is 47.6. The Morgan fingerprint density at radius 2 is 1.83 bits per heavy atom. The van der Waals surface area contributed by atoms with Crippen molar-refractivity contribution in [3.63, 3.8) is 0 Å². The van der Waals surface area contributed by atoms with E-state index in [1.165, 1.54) is 39.0 Å². The Hall–Kier alpha value is -3.69. The number of para-hydroxylation sites is 3. The molecule has 9 heteroatoms. The van der Waals surface area contributed by atoms with E-state index in [4.69, 9.17) is 4.74 Å². The van der Waals surface area contributed by atoms with Crippen LogP contribution in [0.4, 0.5) is 5.69 Å². The lowest BCUT2D eigenvalue weighted by Crippen LogP contribution is -2.58. The smallest absolute Gasteiger partial charge is 0.256 e. The number of H-pyrrole nitrogens is 1. The molecule has 2 aliphatic rings. The van der Waals surface area contributed by atoms with Crippen LogP contribution in [0.25, 0.3) is 10.9 Å². The summed E-state index contributed by atoms with van der Waals surface area (Å²) in [6.07, 6.45) is 8.27. The van der Waals surface area contributed by atoms with Crippen molar-refractivity contribution in [2.75, 3.05) is 37.7 Å². The molecule has 42 heavy (non-hydrogen) atoms. The summed E-state index contributed by atoms with van der Waals surface area (Å²) < 4.78 is 5.76. The average Bonchev–Trinajstić information content (AvgIpc) is 3.41. The molecular weight excluding hydrogens is 530 g/mol. The lowest BCUT2D eigenvalue weighted by atomic mass is 9.82. The molecule has 3 aromatic rings. The first-order valence-corrected chi connectivity index (χ1v) is 15.3. The number of nitrogens with one attached hydrogen (secondary N) is 3. The van der Waals surface area contributed by atoms with Crippen molar-refractivity contribution in [1.29, 1.82) is 0 Å². The van der Waals surface area contributed by atoms with Crippen molar-refractivity contribution < 1.29 is 19.1 Å². The molecule has 2 aromatic carbocycles. The number of benzene rings is 2. The highest BCUT2D eigenvalue weighted by Gasteiger charge is 2.35. The van der Waals surface area contributed by atoms with Crippen molar-refractivity contribution in [1.82, 2.24) is 20.5 Å². The number of fused-ring (bicyclic) bond motifs is 1. The standard InChI is InChI=1S/C33H43N5O4/c1-3-42-31-16-10-9-15-29(31)38(23(2)39)33(41)28(19-25-20-35-27-14-8-7-13-26(25)27)36-32(40)22-37-18-17-34-21-30(37)24-11-5-4-6-12-24/h7-10,13-16,20,24,28,30,34-35H,3-6,11-12,17-19,21-22H2,1-2H3,(H,36,40). The van der Waals surface area contributed by atoms with E-state index < -0.39 is 17.9 Å². The van der Waals surface area contributed by atoms with Crippen LogP contribution in [-0.2, 0) is 20.8 Å². The minimum Gasteiger partial charge on any atom is -0.492 e. The van der Waals surface area contributed by atoms with Gasteiger partial charge in [0.1, 0.15) is 11.8 Å². The van der Waals surface area contributed by atoms with E-state index in [0.29, 0.717) is 30.0 Å². The number of amides is 3. The summed E-state index contributed by atoms with van der Waals surface area (Å²) in [6, 6.07) is 14.2. The van der Waals surface area contributed by atoms with Crippen LogP contribution in [0.5, 0.6) is 5.75 Å². The molecule has 3 amide bonds. The summed E-state index contributed by atoms with van der Waals surface area (Å²) >= 11 is 0. The molecule has 9 nitrogen and oxygen atoms in total. The summed E-state index contributed by atoms with van der Waals surface area (Å²) in [7, 11) is 0. The molecule has 1 aliphatic carbocycles. The maximum atomic E-state index is 14.2. The van der Waals surface area contributed by atoms with Gasteiger partial charge in [0, 0.05) is 56.1 Å². The van der Waals surface area contributed by atoms with Crippen LogP contribution in [0.15, 0.2) is 54.7 Å². The number of aromatic amines is 1. The number of carbonyl (C=O) groups excluding carboxylic acids is 3. The minimum atomic E-state index is -0.952. The SMILES string of the molecule is CCOc1ccccc1N(C(C)=O)C(=O)C(Cc1c[nH]c2ccccc12)NC(=O)CN1CCNCC1C1CCCCC1. The lowest BCUT2D eigenvalue weighted by Gasteiger charge is -2.42. The third kappa shape index (κ3) is 6.85. The summed E-state index contributed by atoms with van der Waals surface area (Å²) in [5.74, 6) is -0.122. The molecule has 0 radical (unpaired) electrons. The molecule has 2 fully saturated rings. The van der Waals surface area contributed by atoms with Crippen LogP contribution in [-0.4, -0.2) is 72.5 Å². The second kappa shape index (κ2) is 14.0. The number of hydrogen-bond acceptors (Lipinski definition) is 6. The van der Waals surface area contributed by atoms with Gasteiger partial charge in [0.15, 0.2) is 0 Å². The highest BCUT2D eigenvalue weighted by molar-refractivity contribution is 6.17. The van der Waals surface area contributed by atoms with Crippen molar-refractivity contribution >= 4 is 34.3 Å². The Morgan fingerprint density at radius 3 is 2.62 bits per heavy atom. The first-order valence-electron chi connectivity index (χ1n) is 15.3. The minimum absolute atomic E-state index is 0.211. The number of nitrogens with zero attached hydrogens (tertiary/aromatic N) is 2. The number of hydrogen-bond donors (Lipinski definition) is 3. The summed E-state index contributed by atoms with van der Waals surface area (Å²) in [5.41, 5.74) is 2.22. The fourth-order valence-corrected chi connectivity index (χ4v) is 6.61. The normalized spacial score (nSPS) is 18.9. The van der Waals surface area contributed by atoms with E-state index in [9.17, 15) is 14.4 Å². The molecule has 0 spiro atoms. The predicted molar refractivity (Wildman–Crippen MR) is 165 cm³/mol. The molecule has 2 heterocycles. The van der Waals surface area contributed by atoms with Gasteiger partial charge in [-0.05, 0) is 49.4 Å². The number of piperazine rings is 1. The second-order valence-corrected chi connectivity index (χ2v) is 11.4. The van der Waals surface area contributed by atoms with Gasteiger partial charge < -0.3 is 20.4 Å². The van der Waals surface area contributed by atoms with Gasteiger partial charge in [-0.3, -0.25) is 19.3 Å². The Kier molecular flexibility index (Phi) is 9.92. The average molecular weight is 574 g/mol. The molecule has 0 bridgehead atoms. The van der Waals surface area contributed by atoms with E-state index >= 15 is 0 Å². The third-order valence-corrected chi connectivity index (χ3v) is 8.61. The Morgan fingerprint density at radius 1 is 1.07 bits per heavy atom. The van der Waals surface area contributed by atoms with Crippen LogP contribution in [0.3, 0.4) is 0 Å². The first-order chi connectivity index (χ1) is 20.5. The maximum absolute atomic E-state index is 14.2. The van der Waals surface area contributed by atoms with E-state index in [0.717, 1.165) is 41.0 Å². The first kappa shape index (κ1) is 29.8. The predicted octanol–water partition coefficient (Wildman–Crippen LogP) is 4.03. The molecule has 1 aromatic heterocycles. The van der Waals surface area contributed by atoms with Gasteiger partial charge in [-0.2, -0.15) is 0 Å². The number of imide groups is 1. The highest BCUT2D eigenvalue weighted by atomic mass is 16.5. The van der Waals surface area contributed by atoms with Gasteiger partial charge in [0.05, 0.1) is 18.8 Å². The number of aromatic nitrogens is 1.